The maximum atomic E-state index is 12.3. The Balaban J connectivity index is 1.77. The van der Waals surface area contributed by atoms with Crippen molar-refractivity contribution in [3.8, 4) is 5.75 Å². The first-order chi connectivity index (χ1) is 10.1. The van der Waals surface area contributed by atoms with E-state index in [2.05, 4.69) is 4.98 Å². The van der Waals surface area contributed by atoms with E-state index in [1.807, 2.05) is 18.2 Å². The fraction of sp³-hybridized carbons (Fsp3) is 0.267. The number of benzene rings is 1. The molecule has 0 radical (unpaired) electrons. The minimum atomic E-state index is -3.47. The van der Waals surface area contributed by atoms with E-state index in [4.69, 9.17) is 10.5 Å². The van der Waals surface area contributed by atoms with Crippen LogP contribution in [0.2, 0.25) is 0 Å². The zero-order valence-corrected chi connectivity index (χ0v) is 12.3. The molecule has 0 saturated heterocycles. The van der Waals surface area contributed by atoms with Crippen LogP contribution in [-0.4, -0.2) is 25.8 Å². The molecule has 0 amide bonds. The second-order valence-electron chi connectivity index (χ2n) is 5.01. The SMILES string of the molecule is Nc1cccnc1S(=O)(=O)CCc1ccc2c(c1)CCO2. The molecule has 0 fully saturated rings. The highest BCUT2D eigenvalue weighted by Crippen LogP contribution is 2.26. The van der Waals surface area contributed by atoms with Crippen LogP contribution in [0.15, 0.2) is 41.6 Å². The Kier molecular flexibility index (Phi) is 3.55. The van der Waals surface area contributed by atoms with Crippen LogP contribution < -0.4 is 10.5 Å². The minimum absolute atomic E-state index is 0.00609. The van der Waals surface area contributed by atoms with Crippen molar-refractivity contribution in [2.24, 2.45) is 0 Å². The van der Waals surface area contributed by atoms with E-state index in [1.54, 1.807) is 12.1 Å². The quantitative estimate of drug-likeness (QED) is 0.928. The molecule has 0 unspecified atom stereocenters. The Labute approximate surface area is 123 Å². The fourth-order valence-electron chi connectivity index (χ4n) is 2.41. The number of pyridine rings is 1. The van der Waals surface area contributed by atoms with Gasteiger partial charge < -0.3 is 10.5 Å². The van der Waals surface area contributed by atoms with Crippen molar-refractivity contribution < 1.29 is 13.2 Å². The first-order valence-corrected chi connectivity index (χ1v) is 8.39. The van der Waals surface area contributed by atoms with Crippen molar-refractivity contribution in [3.05, 3.63) is 47.7 Å². The molecule has 2 aromatic rings. The van der Waals surface area contributed by atoms with Crippen molar-refractivity contribution in [2.75, 3.05) is 18.1 Å². The third-order valence-electron chi connectivity index (χ3n) is 3.51. The largest absolute Gasteiger partial charge is 0.493 e. The molecule has 1 aromatic carbocycles. The molecule has 1 aliphatic heterocycles. The summed E-state index contributed by atoms with van der Waals surface area (Å²) in [6.07, 6.45) is 2.75. The molecule has 0 saturated carbocycles. The van der Waals surface area contributed by atoms with E-state index in [9.17, 15) is 8.42 Å². The van der Waals surface area contributed by atoms with E-state index >= 15 is 0 Å². The molecule has 1 aliphatic rings. The molecule has 110 valence electrons. The molecule has 0 aliphatic carbocycles. The van der Waals surface area contributed by atoms with Crippen LogP contribution in [0.3, 0.4) is 0 Å². The third-order valence-corrected chi connectivity index (χ3v) is 5.18. The molecular weight excluding hydrogens is 288 g/mol. The second kappa shape index (κ2) is 5.37. The lowest BCUT2D eigenvalue weighted by molar-refractivity contribution is 0.357. The van der Waals surface area contributed by atoms with Gasteiger partial charge in [-0.15, -0.1) is 0 Å². The highest BCUT2D eigenvalue weighted by atomic mass is 32.2. The van der Waals surface area contributed by atoms with Crippen molar-refractivity contribution in [1.82, 2.24) is 4.98 Å². The summed E-state index contributed by atoms with van der Waals surface area (Å²) in [5.74, 6) is 0.893. The van der Waals surface area contributed by atoms with Gasteiger partial charge in [-0.2, -0.15) is 0 Å². The number of nitrogens with two attached hydrogens (primary N) is 1. The molecule has 0 spiro atoms. The fourth-order valence-corrected chi connectivity index (χ4v) is 3.75. The van der Waals surface area contributed by atoms with Gasteiger partial charge >= 0.3 is 0 Å². The number of sulfone groups is 1. The molecule has 3 rings (SSSR count). The number of nitrogen functional groups attached to an aromatic ring is 1. The summed E-state index contributed by atoms with van der Waals surface area (Å²) >= 11 is 0. The Morgan fingerprint density at radius 2 is 2.14 bits per heavy atom. The van der Waals surface area contributed by atoms with Crippen LogP contribution in [-0.2, 0) is 22.7 Å². The van der Waals surface area contributed by atoms with Crippen molar-refractivity contribution in [2.45, 2.75) is 17.9 Å². The lowest BCUT2D eigenvalue weighted by atomic mass is 10.1. The van der Waals surface area contributed by atoms with Crippen LogP contribution in [0, 0.1) is 0 Å². The van der Waals surface area contributed by atoms with Gasteiger partial charge in [-0.25, -0.2) is 13.4 Å². The summed E-state index contributed by atoms with van der Waals surface area (Å²) in [4.78, 5) is 3.89. The van der Waals surface area contributed by atoms with Gasteiger partial charge in [0.2, 0.25) is 0 Å². The number of nitrogens with zero attached hydrogens (tertiary/aromatic N) is 1. The van der Waals surface area contributed by atoms with Gasteiger partial charge in [0.25, 0.3) is 0 Å². The average Bonchev–Trinajstić information content (AvgIpc) is 2.93. The van der Waals surface area contributed by atoms with Gasteiger partial charge in [0.05, 0.1) is 18.0 Å². The molecule has 6 heteroatoms. The maximum absolute atomic E-state index is 12.3. The second-order valence-corrected chi connectivity index (χ2v) is 7.03. The summed E-state index contributed by atoms with van der Waals surface area (Å²) in [5.41, 5.74) is 8.01. The Morgan fingerprint density at radius 1 is 1.29 bits per heavy atom. The zero-order chi connectivity index (χ0) is 14.9. The predicted octanol–water partition coefficient (Wildman–Crippen LogP) is 1.62. The molecular formula is C15H16N2O3S. The van der Waals surface area contributed by atoms with Gasteiger partial charge in [0.15, 0.2) is 14.9 Å². The van der Waals surface area contributed by atoms with E-state index in [0.29, 0.717) is 13.0 Å². The third kappa shape index (κ3) is 2.85. The number of hydrogen-bond donors (Lipinski definition) is 1. The minimum Gasteiger partial charge on any atom is -0.493 e. The number of fused-ring (bicyclic) bond motifs is 1. The molecule has 5 nitrogen and oxygen atoms in total. The first kappa shape index (κ1) is 13.9. The highest BCUT2D eigenvalue weighted by Gasteiger charge is 2.19. The molecule has 2 N–H and O–H groups in total. The van der Waals surface area contributed by atoms with Crippen molar-refractivity contribution in [3.63, 3.8) is 0 Å². The predicted molar refractivity (Wildman–Crippen MR) is 80.0 cm³/mol. The first-order valence-electron chi connectivity index (χ1n) is 6.74. The molecule has 0 atom stereocenters. The van der Waals surface area contributed by atoms with Crippen molar-refractivity contribution >= 4 is 15.5 Å². The Hall–Kier alpha value is -2.08. The maximum Gasteiger partial charge on any atom is 0.198 e. The number of rotatable bonds is 4. The van der Waals surface area contributed by atoms with Crippen LogP contribution in [0.5, 0.6) is 5.75 Å². The van der Waals surface area contributed by atoms with Gasteiger partial charge in [-0.1, -0.05) is 12.1 Å². The summed E-state index contributed by atoms with van der Waals surface area (Å²) in [7, 11) is -3.47. The van der Waals surface area contributed by atoms with Gasteiger partial charge in [0.1, 0.15) is 5.75 Å². The lowest BCUT2D eigenvalue weighted by Gasteiger charge is -2.07. The summed E-state index contributed by atoms with van der Waals surface area (Å²) in [6.45, 7) is 0.696. The standard InChI is InChI=1S/C15H16N2O3S/c16-13-2-1-7-17-15(13)21(18,19)9-6-11-3-4-14-12(10-11)5-8-20-14/h1-4,7,10H,5-6,8-9,16H2. The van der Waals surface area contributed by atoms with E-state index < -0.39 is 9.84 Å². The van der Waals surface area contributed by atoms with Crippen LogP contribution in [0.25, 0.3) is 0 Å². The monoisotopic (exact) mass is 304 g/mol. The summed E-state index contributed by atoms with van der Waals surface area (Å²) in [6, 6.07) is 8.99. The smallest absolute Gasteiger partial charge is 0.198 e. The van der Waals surface area contributed by atoms with E-state index in [1.165, 1.54) is 6.20 Å². The van der Waals surface area contributed by atoms with Crippen LogP contribution >= 0.6 is 0 Å². The number of aryl methyl sites for hydroxylation is 1. The lowest BCUT2D eigenvalue weighted by Crippen LogP contribution is -2.13. The summed E-state index contributed by atoms with van der Waals surface area (Å²) in [5, 5.41) is -0.0329. The number of anilines is 1. The highest BCUT2D eigenvalue weighted by molar-refractivity contribution is 7.91. The summed E-state index contributed by atoms with van der Waals surface area (Å²) < 4.78 is 30.0. The number of aromatic nitrogens is 1. The molecule has 0 bridgehead atoms. The number of ether oxygens (including phenoxy) is 1. The number of hydrogen-bond acceptors (Lipinski definition) is 5. The van der Waals surface area contributed by atoms with Gasteiger partial charge in [-0.3, -0.25) is 0 Å². The van der Waals surface area contributed by atoms with Crippen molar-refractivity contribution in [1.29, 1.82) is 0 Å². The average molecular weight is 304 g/mol. The van der Waals surface area contributed by atoms with Gasteiger partial charge in [-0.05, 0) is 35.7 Å². The molecule has 2 heterocycles. The van der Waals surface area contributed by atoms with E-state index in [-0.39, 0.29) is 16.5 Å². The Bertz CT molecular complexity index is 772. The zero-order valence-electron chi connectivity index (χ0n) is 11.5. The van der Waals surface area contributed by atoms with E-state index in [0.717, 1.165) is 23.3 Å². The van der Waals surface area contributed by atoms with Crippen LogP contribution in [0.1, 0.15) is 11.1 Å². The topological polar surface area (TPSA) is 82.3 Å². The van der Waals surface area contributed by atoms with Crippen LogP contribution in [0.4, 0.5) is 5.69 Å². The normalized spacial score (nSPS) is 13.7. The Morgan fingerprint density at radius 3 is 2.95 bits per heavy atom. The van der Waals surface area contributed by atoms with Gasteiger partial charge in [0, 0.05) is 12.6 Å². The molecule has 21 heavy (non-hydrogen) atoms. The molecule has 1 aromatic heterocycles.